The second-order valence-corrected chi connectivity index (χ2v) is 7.54. The summed E-state index contributed by atoms with van der Waals surface area (Å²) >= 11 is 9.41. The van der Waals surface area contributed by atoms with Gasteiger partial charge in [-0.15, -0.1) is 0 Å². The van der Waals surface area contributed by atoms with Crippen LogP contribution in [0.1, 0.15) is 39.5 Å². The summed E-state index contributed by atoms with van der Waals surface area (Å²) in [5.41, 5.74) is 5.93. The summed E-state index contributed by atoms with van der Waals surface area (Å²) in [5, 5.41) is 4.01. The molecule has 1 aliphatic carbocycles. The number of halogens is 2. The molecule has 1 aromatic carbocycles. The lowest BCUT2D eigenvalue weighted by atomic mass is 9.72. The highest BCUT2D eigenvalue weighted by Crippen LogP contribution is 2.38. The summed E-state index contributed by atoms with van der Waals surface area (Å²) in [5.74, 6) is 1.06. The van der Waals surface area contributed by atoms with Gasteiger partial charge in [-0.3, -0.25) is 4.79 Å². The Bertz CT molecular complexity index is 525. The van der Waals surface area contributed by atoms with Crippen molar-refractivity contribution in [1.29, 1.82) is 0 Å². The highest BCUT2D eigenvalue weighted by atomic mass is 79.9. The number of anilines is 1. The molecule has 21 heavy (non-hydrogen) atoms. The second-order valence-electron chi connectivity index (χ2n) is 6.28. The first-order chi connectivity index (χ1) is 9.84. The summed E-state index contributed by atoms with van der Waals surface area (Å²) in [6, 6.07) is 5.58. The van der Waals surface area contributed by atoms with Crippen molar-refractivity contribution in [2.24, 2.45) is 17.6 Å². The van der Waals surface area contributed by atoms with Gasteiger partial charge < -0.3 is 11.1 Å². The lowest BCUT2D eigenvalue weighted by molar-refractivity contribution is -0.123. The van der Waals surface area contributed by atoms with Crippen molar-refractivity contribution in [2.75, 3.05) is 5.32 Å². The topological polar surface area (TPSA) is 55.1 Å². The highest BCUT2D eigenvalue weighted by molar-refractivity contribution is 9.10. The monoisotopic (exact) mass is 372 g/mol. The molecule has 1 fully saturated rings. The summed E-state index contributed by atoms with van der Waals surface area (Å²) in [6.45, 7) is 4.48. The Morgan fingerprint density at radius 3 is 2.52 bits per heavy atom. The maximum absolute atomic E-state index is 12.0. The van der Waals surface area contributed by atoms with E-state index in [2.05, 4.69) is 35.1 Å². The van der Waals surface area contributed by atoms with Crippen molar-refractivity contribution in [3.05, 3.63) is 27.7 Å². The third-order valence-corrected chi connectivity index (χ3v) is 5.82. The summed E-state index contributed by atoms with van der Waals surface area (Å²) < 4.78 is 0.810. The van der Waals surface area contributed by atoms with E-state index in [1.54, 1.807) is 0 Å². The van der Waals surface area contributed by atoms with Crippen LogP contribution in [0.25, 0.3) is 0 Å². The van der Waals surface area contributed by atoms with Crippen LogP contribution in [0.5, 0.6) is 0 Å². The largest absolute Gasteiger partial charge is 0.371 e. The Labute approximate surface area is 139 Å². The molecule has 0 aliphatic heterocycles. The number of carbonyl (C=O) groups excluding carboxylic acids is 1. The molecule has 2 rings (SSSR count). The van der Waals surface area contributed by atoms with Gasteiger partial charge in [0.25, 0.3) is 0 Å². The minimum Gasteiger partial charge on any atom is -0.371 e. The van der Waals surface area contributed by atoms with Crippen molar-refractivity contribution in [3.8, 4) is 0 Å². The minimum atomic E-state index is -0.640. The van der Waals surface area contributed by atoms with E-state index >= 15 is 0 Å². The number of benzene rings is 1. The number of primary amides is 1. The van der Waals surface area contributed by atoms with Crippen molar-refractivity contribution in [1.82, 2.24) is 0 Å². The maximum atomic E-state index is 12.0. The fraction of sp³-hybridized carbons (Fsp3) is 0.562. The van der Waals surface area contributed by atoms with Gasteiger partial charge in [-0.2, -0.15) is 0 Å². The van der Waals surface area contributed by atoms with Gasteiger partial charge in [-0.05, 0) is 71.6 Å². The fourth-order valence-corrected chi connectivity index (χ4v) is 3.58. The minimum absolute atomic E-state index is 0.268. The average Bonchev–Trinajstić information content (AvgIpc) is 2.43. The third-order valence-electron chi connectivity index (χ3n) is 4.60. The summed E-state index contributed by atoms with van der Waals surface area (Å²) in [7, 11) is 0. The van der Waals surface area contributed by atoms with E-state index in [4.69, 9.17) is 17.3 Å². The second kappa shape index (κ2) is 6.57. The van der Waals surface area contributed by atoms with Gasteiger partial charge in [0.1, 0.15) is 5.54 Å². The molecule has 0 radical (unpaired) electrons. The lowest BCUT2D eigenvalue weighted by Gasteiger charge is -2.40. The van der Waals surface area contributed by atoms with E-state index in [0.717, 1.165) is 35.8 Å². The highest BCUT2D eigenvalue weighted by Gasteiger charge is 2.40. The molecule has 1 amide bonds. The number of hydrogen-bond donors (Lipinski definition) is 2. The van der Waals surface area contributed by atoms with Crippen LogP contribution in [0.2, 0.25) is 5.02 Å². The molecule has 0 aromatic heterocycles. The van der Waals surface area contributed by atoms with E-state index < -0.39 is 5.54 Å². The Kier molecular flexibility index (Phi) is 5.20. The van der Waals surface area contributed by atoms with Gasteiger partial charge in [-0.1, -0.05) is 25.4 Å². The molecule has 3 N–H and O–H groups in total. The molecule has 1 saturated carbocycles. The Morgan fingerprint density at radius 2 is 2.05 bits per heavy atom. The third kappa shape index (κ3) is 3.72. The molecule has 0 saturated heterocycles. The van der Waals surface area contributed by atoms with E-state index in [1.165, 1.54) is 0 Å². The van der Waals surface area contributed by atoms with E-state index in [0.29, 0.717) is 16.9 Å². The molecule has 3 nitrogen and oxygen atoms in total. The number of nitrogens with one attached hydrogen (secondary N) is 1. The number of hydrogen-bond acceptors (Lipinski definition) is 2. The normalized spacial score (nSPS) is 25.9. The van der Waals surface area contributed by atoms with Crippen molar-refractivity contribution in [2.45, 2.75) is 45.1 Å². The first kappa shape index (κ1) is 16.6. The van der Waals surface area contributed by atoms with Crippen LogP contribution in [0, 0.1) is 11.8 Å². The molecule has 0 spiro atoms. The molecule has 1 aromatic rings. The zero-order valence-corrected chi connectivity index (χ0v) is 14.8. The Balaban J connectivity index is 2.16. The fourth-order valence-electron chi connectivity index (χ4n) is 3.08. The Hall–Kier alpha value is -0.740. The average molecular weight is 374 g/mol. The zero-order chi connectivity index (χ0) is 15.6. The molecule has 0 unspecified atom stereocenters. The maximum Gasteiger partial charge on any atom is 0.243 e. The van der Waals surface area contributed by atoms with Gasteiger partial charge in [-0.25, -0.2) is 0 Å². The van der Waals surface area contributed by atoms with Crippen LogP contribution in [0.15, 0.2) is 22.7 Å². The van der Waals surface area contributed by atoms with Gasteiger partial charge in [0, 0.05) is 10.2 Å². The van der Waals surface area contributed by atoms with Crippen molar-refractivity contribution < 1.29 is 4.79 Å². The number of nitrogens with two attached hydrogens (primary N) is 1. The Morgan fingerprint density at radius 1 is 1.43 bits per heavy atom. The molecular formula is C16H22BrClN2O. The first-order valence-corrected chi connectivity index (χ1v) is 8.54. The predicted molar refractivity (Wildman–Crippen MR) is 91.5 cm³/mol. The van der Waals surface area contributed by atoms with Crippen LogP contribution < -0.4 is 11.1 Å². The SMILES string of the molecule is CC(C)C1CCC(Nc2ccc(Cl)c(Br)c2)(C(N)=O)CC1. The number of amides is 1. The molecule has 116 valence electrons. The van der Waals surface area contributed by atoms with Crippen molar-refractivity contribution in [3.63, 3.8) is 0 Å². The number of rotatable bonds is 4. The summed E-state index contributed by atoms with van der Waals surface area (Å²) in [6.07, 6.45) is 3.63. The van der Waals surface area contributed by atoms with Crippen LogP contribution in [0.3, 0.4) is 0 Å². The first-order valence-electron chi connectivity index (χ1n) is 7.37. The van der Waals surface area contributed by atoms with Crippen LogP contribution in [-0.2, 0) is 4.79 Å². The summed E-state index contributed by atoms with van der Waals surface area (Å²) in [4.78, 5) is 12.0. The van der Waals surface area contributed by atoms with Gasteiger partial charge in [0.2, 0.25) is 5.91 Å². The van der Waals surface area contributed by atoms with E-state index in [-0.39, 0.29) is 5.91 Å². The lowest BCUT2D eigenvalue weighted by Crippen LogP contribution is -2.53. The molecular weight excluding hydrogens is 352 g/mol. The zero-order valence-electron chi connectivity index (χ0n) is 12.5. The van der Waals surface area contributed by atoms with Crippen LogP contribution >= 0.6 is 27.5 Å². The predicted octanol–water partition coefficient (Wildman–Crippen LogP) is 4.58. The number of carbonyl (C=O) groups is 1. The molecule has 0 atom stereocenters. The quantitative estimate of drug-likeness (QED) is 0.811. The molecule has 5 heteroatoms. The van der Waals surface area contributed by atoms with Crippen molar-refractivity contribution >= 4 is 39.1 Å². The van der Waals surface area contributed by atoms with E-state index in [1.807, 2.05) is 18.2 Å². The van der Waals surface area contributed by atoms with Crippen LogP contribution in [-0.4, -0.2) is 11.4 Å². The standard InChI is InChI=1S/C16H22BrClN2O/c1-10(2)11-5-7-16(8-6-11,15(19)21)20-12-3-4-14(18)13(17)9-12/h3-4,9-11,20H,5-8H2,1-2H3,(H2,19,21). The molecule has 1 aliphatic rings. The molecule has 0 bridgehead atoms. The molecule has 0 heterocycles. The van der Waals surface area contributed by atoms with Crippen LogP contribution in [0.4, 0.5) is 5.69 Å². The van der Waals surface area contributed by atoms with E-state index in [9.17, 15) is 4.79 Å². The van der Waals surface area contributed by atoms with Gasteiger partial charge in [0.15, 0.2) is 0 Å². The van der Waals surface area contributed by atoms with Gasteiger partial charge >= 0.3 is 0 Å². The van der Waals surface area contributed by atoms with Gasteiger partial charge in [0.05, 0.1) is 5.02 Å². The smallest absolute Gasteiger partial charge is 0.243 e.